The molecule has 2 rings (SSSR count). The molecule has 2 N–H and O–H groups in total. The molecule has 0 bridgehead atoms. The van der Waals surface area contributed by atoms with Crippen molar-refractivity contribution in [3.8, 4) is 0 Å². The van der Waals surface area contributed by atoms with Gasteiger partial charge in [0.2, 0.25) is 15.9 Å². The summed E-state index contributed by atoms with van der Waals surface area (Å²) in [5.41, 5.74) is 0.0789. The molecular formula is C19H18ClF3N2O3S. The molecule has 0 fully saturated rings. The normalized spacial score (nSPS) is 12.3. The van der Waals surface area contributed by atoms with Crippen molar-refractivity contribution in [2.24, 2.45) is 0 Å². The van der Waals surface area contributed by atoms with Crippen LogP contribution in [0.25, 0.3) is 6.08 Å². The van der Waals surface area contributed by atoms with Crippen molar-refractivity contribution in [1.29, 1.82) is 0 Å². The Morgan fingerprint density at radius 1 is 1.10 bits per heavy atom. The number of carbonyl (C=O) groups excluding carboxylic acids is 1. The Morgan fingerprint density at radius 2 is 1.76 bits per heavy atom. The van der Waals surface area contributed by atoms with E-state index < -0.39 is 32.7 Å². The van der Waals surface area contributed by atoms with Crippen LogP contribution in [0.4, 0.5) is 13.2 Å². The number of amides is 1. The van der Waals surface area contributed by atoms with Gasteiger partial charge < -0.3 is 5.32 Å². The van der Waals surface area contributed by atoms with E-state index in [9.17, 15) is 26.4 Å². The summed E-state index contributed by atoms with van der Waals surface area (Å²) in [4.78, 5) is 11.9. The van der Waals surface area contributed by atoms with Crippen molar-refractivity contribution in [1.82, 2.24) is 10.0 Å². The Kier molecular flexibility index (Phi) is 7.45. The quantitative estimate of drug-likeness (QED) is 0.502. The number of nitrogens with one attached hydrogen (secondary N) is 2. The Bertz CT molecular complexity index is 1000. The third-order valence-electron chi connectivity index (χ3n) is 3.77. The largest absolute Gasteiger partial charge is 0.417 e. The summed E-state index contributed by atoms with van der Waals surface area (Å²) in [6.45, 7) is 1.79. The van der Waals surface area contributed by atoms with Gasteiger partial charge in [-0.15, -0.1) is 0 Å². The molecule has 0 radical (unpaired) electrons. The fourth-order valence-corrected chi connectivity index (χ4v) is 3.52. The lowest BCUT2D eigenvalue weighted by Crippen LogP contribution is -2.34. The number of sulfonamides is 1. The monoisotopic (exact) mass is 446 g/mol. The molecule has 0 aliphatic heterocycles. The number of benzene rings is 2. The molecule has 0 saturated carbocycles. The fraction of sp³-hybridized carbons (Fsp3) is 0.211. The van der Waals surface area contributed by atoms with Gasteiger partial charge in [-0.25, -0.2) is 13.1 Å². The number of alkyl halides is 3. The molecule has 0 heterocycles. The third kappa shape index (κ3) is 6.88. The number of halogens is 4. The highest BCUT2D eigenvalue weighted by molar-refractivity contribution is 7.89. The van der Waals surface area contributed by atoms with Crippen molar-refractivity contribution in [2.45, 2.75) is 18.0 Å². The van der Waals surface area contributed by atoms with Crippen LogP contribution in [0, 0.1) is 6.92 Å². The number of aryl methyl sites for hydroxylation is 1. The minimum atomic E-state index is -4.60. The van der Waals surface area contributed by atoms with E-state index in [1.54, 1.807) is 12.1 Å². The van der Waals surface area contributed by atoms with E-state index in [1.807, 2.05) is 6.92 Å². The lowest BCUT2D eigenvalue weighted by Gasteiger charge is -2.09. The first-order valence-corrected chi connectivity index (χ1v) is 10.2. The Hall–Kier alpha value is -2.36. The molecule has 0 unspecified atom stereocenters. The molecule has 0 aliphatic carbocycles. The molecule has 1 amide bonds. The van der Waals surface area contributed by atoms with Gasteiger partial charge in [0.05, 0.1) is 15.5 Å². The zero-order valence-corrected chi connectivity index (χ0v) is 16.8. The smallest absolute Gasteiger partial charge is 0.351 e. The van der Waals surface area contributed by atoms with Gasteiger partial charge in [-0.1, -0.05) is 35.4 Å². The molecule has 5 nitrogen and oxygen atoms in total. The van der Waals surface area contributed by atoms with E-state index in [1.165, 1.54) is 24.3 Å². The predicted octanol–water partition coefficient (Wildman–Crippen LogP) is 3.78. The van der Waals surface area contributed by atoms with E-state index in [0.29, 0.717) is 0 Å². The van der Waals surface area contributed by atoms with Gasteiger partial charge >= 0.3 is 6.18 Å². The second-order valence-corrected chi connectivity index (χ2v) is 8.25. The van der Waals surface area contributed by atoms with E-state index >= 15 is 0 Å². The second kappa shape index (κ2) is 9.43. The zero-order valence-electron chi connectivity index (χ0n) is 15.3. The zero-order chi connectivity index (χ0) is 21.7. The highest BCUT2D eigenvalue weighted by Gasteiger charge is 2.33. The van der Waals surface area contributed by atoms with Gasteiger partial charge in [0.1, 0.15) is 0 Å². The highest BCUT2D eigenvalue weighted by atomic mass is 35.5. The van der Waals surface area contributed by atoms with Gasteiger partial charge in [-0.05, 0) is 42.8 Å². The maximum Gasteiger partial charge on any atom is 0.417 e. The van der Waals surface area contributed by atoms with Crippen LogP contribution >= 0.6 is 11.6 Å². The number of hydrogen-bond acceptors (Lipinski definition) is 3. The van der Waals surface area contributed by atoms with Gasteiger partial charge in [0, 0.05) is 19.2 Å². The number of carbonyl (C=O) groups is 1. The van der Waals surface area contributed by atoms with Crippen LogP contribution in [0.5, 0.6) is 0 Å². The first-order valence-electron chi connectivity index (χ1n) is 8.38. The van der Waals surface area contributed by atoms with E-state index in [0.717, 1.165) is 23.8 Å². The van der Waals surface area contributed by atoms with Crippen LogP contribution in [0.15, 0.2) is 53.4 Å². The van der Waals surface area contributed by atoms with Crippen LogP contribution < -0.4 is 10.0 Å². The summed E-state index contributed by atoms with van der Waals surface area (Å²) >= 11 is 5.54. The van der Waals surface area contributed by atoms with E-state index in [-0.39, 0.29) is 23.5 Å². The maximum absolute atomic E-state index is 12.8. The van der Waals surface area contributed by atoms with Gasteiger partial charge in [-0.2, -0.15) is 13.2 Å². The van der Waals surface area contributed by atoms with Gasteiger partial charge in [0.15, 0.2) is 0 Å². The average molecular weight is 447 g/mol. The summed E-state index contributed by atoms with van der Waals surface area (Å²) in [6, 6.07) is 9.56. The third-order valence-corrected chi connectivity index (χ3v) is 5.58. The lowest BCUT2D eigenvalue weighted by molar-refractivity contribution is -0.137. The van der Waals surface area contributed by atoms with Crippen molar-refractivity contribution in [3.05, 3.63) is 70.3 Å². The molecule has 0 aliphatic rings. The van der Waals surface area contributed by atoms with Crippen molar-refractivity contribution in [2.75, 3.05) is 13.1 Å². The van der Waals surface area contributed by atoms with E-state index in [4.69, 9.17) is 11.6 Å². The number of hydrogen-bond donors (Lipinski definition) is 2. The summed E-state index contributed by atoms with van der Waals surface area (Å²) < 4.78 is 65.0. The average Bonchev–Trinajstić information content (AvgIpc) is 2.64. The summed E-state index contributed by atoms with van der Waals surface area (Å²) in [5, 5.41) is 2.01. The maximum atomic E-state index is 12.8. The van der Waals surface area contributed by atoms with Crippen LogP contribution in [-0.2, 0) is 21.0 Å². The second-order valence-electron chi connectivity index (χ2n) is 6.07. The van der Waals surface area contributed by atoms with Crippen LogP contribution in [0.1, 0.15) is 16.7 Å². The van der Waals surface area contributed by atoms with Gasteiger partial charge in [-0.3, -0.25) is 4.79 Å². The van der Waals surface area contributed by atoms with Crippen molar-refractivity contribution < 1.29 is 26.4 Å². The number of rotatable bonds is 7. The van der Waals surface area contributed by atoms with Crippen molar-refractivity contribution >= 4 is 33.6 Å². The standard InChI is InChI=1S/C19H18ClF3N2O3S/c1-13-2-6-15(7-3-13)29(27,28)25-11-10-24-18(26)9-5-14-4-8-17(20)16(12-14)19(21,22)23/h2-9,12,25H,10-11H2,1H3,(H,24,26)/b9-5+. The Balaban J connectivity index is 1.86. The Labute approximate surface area is 171 Å². The predicted molar refractivity (Wildman–Crippen MR) is 105 cm³/mol. The van der Waals surface area contributed by atoms with E-state index in [2.05, 4.69) is 10.0 Å². The molecule has 2 aromatic rings. The van der Waals surface area contributed by atoms with Crippen molar-refractivity contribution in [3.63, 3.8) is 0 Å². The molecule has 0 saturated heterocycles. The van der Waals surface area contributed by atoms with Crippen LogP contribution in [0.3, 0.4) is 0 Å². The fourth-order valence-electron chi connectivity index (χ4n) is 2.27. The summed E-state index contributed by atoms with van der Waals surface area (Å²) in [6.07, 6.45) is -2.34. The summed E-state index contributed by atoms with van der Waals surface area (Å²) in [7, 11) is -3.69. The molecule has 0 atom stereocenters. The SMILES string of the molecule is Cc1ccc(S(=O)(=O)NCCNC(=O)/C=C/c2ccc(Cl)c(C(F)(F)F)c2)cc1. The summed E-state index contributed by atoms with van der Waals surface area (Å²) in [5.74, 6) is -0.581. The highest BCUT2D eigenvalue weighted by Crippen LogP contribution is 2.35. The topological polar surface area (TPSA) is 75.3 Å². The first kappa shape index (κ1) is 22.9. The molecular weight excluding hydrogens is 429 g/mol. The van der Waals surface area contributed by atoms with Crippen LogP contribution in [-0.4, -0.2) is 27.4 Å². The minimum absolute atomic E-state index is 0.00266. The molecule has 0 spiro atoms. The molecule has 156 valence electrons. The molecule has 10 heteroatoms. The lowest BCUT2D eigenvalue weighted by atomic mass is 10.1. The Morgan fingerprint density at radius 3 is 2.38 bits per heavy atom. The molecule has 2 aromatic carbocycles. The molecule has 29 heavy (non-hydrogen) atoms. The van der Waals surface area contributed by atoms with Gasteiger partial charge in [0.25, 0.3) is 0 Å². The minimum Gasteiger partial charge on any atom is -0.351 e. The first-order chi connectivity index (χ1) is 13.5. The van der Waals surface area contributed by atoms with Crippen LogP contribution in [0.2, 0.25) is 5.02 Å². The molecule has 0 aromatic heterocycles.